The molecule has 6 aromatic rings. The zero-order chi connectivity index (χ0) is 26.0. The van der Waals surface area contributed by atoms with E-state index in [4.69, 9.17) is 0 Å². The first-order valence-electron chi connectivity index (χ1n) is 12.9. The molecule has 0 fully saturated rings. The number of phenols is 1. The Labute approximate surface area is 226 Å². The molecule has 6 aromatic carbocycles. The molecule has 2 heteroatoms. The predicted octanol–water partition coefficient (Wildman–Crippen LogP) is 7.10. The fourth-order valence-electron chi connectivity index (χ4n) is 5.09. The third-order valence-corrected chi connectivity index (χ3v) is 11.6. The van der Waals surface area contributed by atoms with Gasteiger partial charge in [0, 0.05) is 5.56 Å². The van der Waals surface area contributed by atoms with Gasteiger partial charge in [0.2, 0.25) is 0 Å². The summed E-state index contributed by atoms with van der Waals surface area (Å²) in [5.41, 5.74) is 1.92. The number of phenolic OH excluding ortho intramolecular Hbond substituents is 1. The molecule has 0 saturated heterocycles. The van der Waals surface area contributed by atoms with Crippen LogP contribution in [0.2, 0.25) is 0 Å². The third kappa shape index (κ3) is 5.30. The van der Waals surface area contributed by atoms with Crippen LogP contribution in [0.15, 0.2) is 176 Å². The number of hydrogen-bond acceptors (Lipinski definition) is 1. The molecular formula is C36H31OP. The van der Waals surface area contributed by atoms with E-state index in [0.717, 1.165) is 11.1 Å². The van der Waals surface area contributed by atoms with Gasteiger partial charge in [0.15, 0.2) is 0 Å². The molecule has 0 spiro atoms. The molecule has 0 aromatic heterocycles. The van der Waals surface area contributed by atoms with Crippen LogP contribution in [0.3, 0.4) is 0 Å². The number of aromatic hydroxyl groups is 1. The van der Waals surface area contributed by atoms with Crippen molar-refractivity contribution in [3.05, 3.63) is 176 Å². The van der Waals surface area contributed by atoms with Crippen molar-refractivity contribution >= 4 is 28.5 Å². The van der Waals surface area contributed by atoms with Gasteiger partial charge in [-0.05, 0) is 11.6 Å². The van der Waals surface area contributed by atoms with Gasteiger partial charge in [0.05, 0.1) is 0 Å². The molecule has 0 bridgehead atoms. The Balaban J connectivity index is 0.000000190. The summed E-state index contributed by atoms with van der Waals surface area (Å²) < 4.78 is 0. The average Bonchev–Trinajstić information content (AvgIpc) is 3.01. The summed E-state index contributed by atoms with van der Waals surface area (Å²) in [5, 5.41) is 15.2. The van der Waals surface area contributed by atoms with Crippen molar-refractivity contribution in [3.63, 3.8) is 0 Å². The van der Waals surface area contributed by atoms with Gasteiger partial charge < -0.3 is 5.11 Å². The minimum atomic E-state index is -2.30. The fourth-order valence-corrected chi connectivity index (χ4v) is 9.86. The summed E-state index contributed by atoms with van der Waals surface area (Å²) >= 11 is 0. The number of hydrogen-bond donors (Lipinski definition) is 1. The minimum absolute atomic E-state index is 0.328. The van der Waals surface area contributed by atoms with E-state index in [2.05, 4.69) is 121 Å². The monoisotopic (exact) mass is 510 g/mol. The van der Waals surface area contributed by atoms with Crippen molar-refractivity contribution in [1.82, 2.24) is 0 Å². The van der Waals surface area contributed by atoms with E-state index in [0.29, 0.717) is 5.75 Å². The van der Waals surface area contributed by atoms with Crippen molar-refractivity contribution in [1.29, 1.82) is 0 Å². The molecule has 0 unspecified atom stereocenters. The molecule has 0 heterocycles. The Kier molecular flexibility index (Phi) is 8.09. The molecule has 186 valence electrons. The summed E-state index contributed by atoms with van der Waals surface area (Å²) in [5.74, 6) is 0.328. The second-order valence-electron chi connectivity index (χ2n) is 9.10. The molecule has 0 aliphatic heterocycles. The molecule has 0 aliphatic carbocycles. The molecule has 0 radical (unpaired) electrons. The number of rotatable bonds is 5. The van der Waals surface area contributed by atoms with Crippen LogP contribution in [0.5, 0.6) is 5.75 Å². The zero-order valence-electron chi connectivity index (χ0n) is 21.2. The van der Waals surface area contributed by atoms with Crippen molar-refractivity contribution in [2.75, 3.05) is 0 Å². The second kappa shape index (κ2) is 12.2. The topological polar surface area (TPSA) is 20.2 Å². The Hall–Kier alpha value is -4.45. The first-order chi connectivity index (χ1) is 18.8. The van der Waals surface area contributed by atoms with E-state index in [1.807, 2.05) is 48.5 Å². The Morgan fingerprint density at radius 3 is 0.947 bits per heavy atom. The first kappa shape index (κ1) is 25.2. The van der Waals surface area contributed by atoms with Crippen LogP contribution >= 0.6 is 7.26 Å². The molecule has 0 saturated carbocycles. The molecule has 0 atom stereocenters. The molecule has 6 rings (SSSR count). The van der Waals surface area contributed by atoms with E-state index >= 15 is 0 Å². The van der Waals surface area contributed by atoms with Crippen molar-refractivity contribution in [2.45, 2.75) is 0 Å². The second-order valence-corrected chi connectivity index (χ2v) is 12.9. The van der Waals surface area contributed by atoms with Crippen molar-refractivity contribution < 1.29 is 5.11 Å². The van der Waals surface area contributed by atoms with Crippen molar-refractivity contribution in [3.8, 4) is 16.9 Å². The van der Waals surface area contributed by atoms with Crippen LogP contribution in [-0.2, 0) is 0 Å². The SMILES string of the molecule is Oc1ccccc1-c1ccccc1.c1ccc([PH](c2ccccc2)(c2ccccc2)c2ccccc2)cc1. The van der Waals surface area contributed by atoms with Gasteiger partial charge in [-0.25, -0.2) is 0 Å². The van der Waals surface area contributed by atoms with E-state index in [9.17, 15) is 5.11 Å². The molecule has 0 amide bonds. The van der Waals surface area contributed by atoms with Crippen LogP contribution < -0.4 is 21.2 Å². The Morgan fingerprint density at radius 1 is 0.316 bits per heavy atom. The van der Waals surface area contributed by atoms with E-state index in [1.54, 1.807) is 6.07 Å². The Bertz CT molecular complexity index is 1370. The summed E-state index contributed by atoms with van der Waals surface area (Å²) in [4.78, 5) is 0. The fraction of sp³-hybridized carbons (Fsp3) is 0. The number of benzene rings is 6. The molecule has 1 N–H and O–H groups in total. The number of para-hydroxylation sites is 1. The molecule has 0 aliphatic rings. The van der Waals surface area contributed by atoms with Gasteiger partial charge in [0.25, 0.3) is 0 Å². The van der Waals surface area contributed by atoms with E-state index < -0.39 is 7.26 Å². The standard InChI is InChI=1S/C24H21P.C12H10O/c1-5-13-21(14-6-1)25(22-15-7-2-8-16-22,23-17-9-3-10-18-23)24-19-11-4-12-20-24;13-12-9-5-4-8-11(12)10-6-2-1-3-7-10/h1-20,25H;1-9,13H. The molecule has 38 heavy (non-hydrogen) atoms. The van der Waals surface area contributed by atoms with Crippen LogP contribution in [0.1, 0.15) is 0 Å². The van der Waals surface area contributed by atoms with Crippen LogP contribution in [0.25, 0.3) is 11.1 Å². The van der Waals surface area contributed by atoms with Gasteiger partial charge in [-0.2, -0.15) is 0 Å². The van der Waals surface area contributed by atoms with E-state index in [-0.39, 0.29) is 0 Å². The summed E-state index contributed by atoms with van der Waals surface area (Å²) in [7, 11) is -2.30. The van der Waals surface area contributed by atoms with E-state index in [1.165, 1.54) is 21.2 Å². The summed E-state index contributed by atoms with van der Waals surface area (Å²) in [6.07, 6.45) is 0. The first-order valence-corrected chi connectivity index (χ1v) is 14.9. The molecular weight excluding hydrogens is 479 g/mol. The summed E-state index contributed by atoms with van der Waals surface area (Å²) in [6, 6.07) is 61.2. The maximum absolute atomic E-state index is 9.56. The Morgan fingerprint density at radius 2 is 0.605 bits per heavy atom. The quantitative estimate of drug-likeness (QED) is 0.245. The predicted molar refractivity (Wildman–Crippen MR) is 166 cm³/mol. The van der Waals surface area contributed by atoms with Crippen LogP contribution in [0.4, 0.5) is 0 Å². The normalized spacial score (nSPS) is 11.2. The third-order valence-electron chi connectivity index (χ3n) is 6.82. The van der Waals surface area contributed by atoms with Crippen LogP contribution in [0, 0.1) is 0 Å². The van der Waals surface area contributed by atoms with Crippen molar-refractivity contribution in [2.24, 2.45) is 0 Å². The summed E-state index contributed by atoms with van der Waals surface area (Å²) in [6.45, 7) is 0. The molecule has 1 nitrogen and oxygen atoms in total. The van der Waals surface area contributed by atoms with Gasteiger partial charge in [0.1, 0.15) is 5.75 Å². The van der Waals surface area contributed by atoms with Gasteiger partial charge in [-0.15, -0.1) is 0 Å². The maximum atomic E-state index is 9.56. The van der Waals surface area contributed by atoms with Crippen LogP contribution in [-0.4, -0.2) is 5.11 Å². The van der Waals surface area contributed by atoms with Gasteiger partial charge >= 0.3 is 150 Å². The van der Waals surface area contributed by atoms with Gasteiger partial charge in [-0.1, -0.05) is 48.5 Å². The average molecular weight is 511 g/mol. The zero-order valence-corrected chi connectivity index (χ0v) is 22.2. The van der Waals surface area contributed by atoms with Gasteiger partial charge in [-0.3, -0.25) is 0 Å².